The van der Waals surface area contributed by atoms with E-state index in [1.54, 1.807) is 0 Å². The van der Waals surface area contributed by atoms with Gasteiger partial charge < -0.3 is 4.90 Å². The predicted molar refractivity (Wildman–Crippen MR) is 118 cm³/mol. The van der Waals surface area contributed by atoms with E-state index in [4.69, 9.17) is 0 Å². The SMILES string of the molecule is CCN(CC)CCN(C(=O)c1cccc(C(F)(F)F)c1)c1nc2ccc(Br)cc2s1. The van der Waals surface area contributed by atoms with Crippen LogP contribution < -0.4 is 4.90 Å². The smallest absolute Gasteiger partial charge is 0.302 e. The molecule has 4 nitrogen and oxygen atoms in total. The Morgan fingerprint density at radius 1 is 1.10 bits per heavy atom. The highest BCUT2D eigenvalue weighted by atomic mass is 79.9. The van der Waals surface area contributed by atoms with Gasteiger partial charge in [0.15, 0.2) is 5.13 Å². The Balaban J connectivity index is 1.98. The molecule has 1 heterocycles. The second kappa shape index (κ2) is 9.45. The molecule has 0 saturated carbocycles. The van der Waals surface area contributed by atoms with Crippen molar-refractivity contribution in [3.8, 4) is 0 Å². The highest BCUT2D eigenvalue weighted by molar-refractivity contribution is 9.10. The Bertz CT molecular complexity index is 1030. The summed E-state index contributed by atoms with van der Waals surface area (Å²) in [7, 11) is 0. The van der Waals surface area contributed by atoms with Crippen LogP contribution in [0.4, 0.5) is 18.3 Å². The highest BCUT2D eigenvalue weighted by Gasteiger charge is 2.32. The van der Waals surface area contributed by atoms with Crippen molar-refractivity contribution in [1.29, 1.82) is 0 Å². The number of anilines is 1. The minimum atomic E-state index is -4.51. The van der Waals surface area contributed by atoms with E-state index in [1.165, 1.54) is 28.4 Å². The molecule has 0 fully saturated rings. The second-order valence-electron chi connectivity index (χ2n) is 6.67. The van der Waals surface area contributed by atoms with E-state index < -0.39 is 17.6 Å². The summed E-state index contributed by atoms with van der Waals surface area (Å²) >= 11 is 4.77. The molecule has 0 radical (unpaired) electrons. The molecule has 30 heavy (non-hydrogen) atoms. The van der Waals surface area contributed by atoms with Crippen molar-refractivity contribution in [2.75, 3.05) is 31.1 Å². The van der Waals surface area contributed by atoms with Gasteiger partial charge in [-0.05, 0) is 49.5 Å². The van der Waals surface area contributed by atoms with Crippen LogP contribution in [0.3, 0.4) is 0 Å². The van der Waals surface area contributed by atoms with Gasteiger partial charge in [-0.2, -0.15) is 13.2 Å². The zero-order chi connectivity index (χ0) is 21.9. The number of hydrogen-bond acceptors (Lipinski definition) is 4. The minimum absolute atomic E-state index is 0.00944. The maximum absolute atomic E-state index is 13.3. The maximum Gasteiger partial charge on any atom is 0.416 e. The summed E-state index contributed by atoms with van der Waals surface area (Å²) in [6.07, 6.45) is -4.51. The largest absolute Gasteiger partial charge is 0.416 e. The third-order valence-electron chi connectivity index (χ3n) is 4.79. The molecule has 0 N–H and O–H groups in total. The summed E-state index contributed by atoms with van der Waals surface area (Å²) in [5, 5.41) is 0.470. The zero-order valence-electron chi connectivity index (χ0n) is 16.5. The Kier molecular flexibility index (Phi) is 7.15. The lowest BCUT2D eigenvalue weighted by molar-refractivity contribution is -0.137. The van der Waals surface area contributed by atoms with E-state index >= 15 is 0 Å². The van der Waals surface area contributed by atoms with Crippen LogP contribution in [0.2, 0.25) is 0 Å². The van der Waals surface area contributed by atoms with Crippen molar-refractivity contribution in [2.24, 2.45) is 0 Å². The van der Waals surface area contributed by atoms with E-state index in [2.05, 4.69) is 25.8 Å². The van der Waals surface area contributed by atoms with Gasteiger partial charge in [-0.1, -0.05) is 47.2 Å². The van der Waals surface area contributed by atoms with E-state index in [9.17, 15) is 18.0 Å². The van der Waals surface area contributed by atoms with Crippen molar-refractivity contribution < 1.29 is 18.0 Å². The standard InChI is InChI=1S/C21H21BrF3N3OS/c1-3-27(4-2)10-11-28(20-26-17-9-8-16(22)13-18(17)30-20)19(29)14-6-5-7-15(12-14)21(23,24)25/h5-9,12-13H,3-4,10-11H2,1-2H3. The fraction of sp³-hybridized carbons (Fsp3) is 0.333. The van der Waals surface area contributed by atoms with Crippen LogP contribution in [-0.2, 0) is 6.18 Å². The van der Waals surface area contributed by atoms with E-state index in [1.807, 2.05) is 32.0 Å². The number of carbonyl (C=O) groups excluding carboxylic acids is 1. The molecular formula is C21H21BrF3N3OS. The molecule has 1 aromatic heterocycles. The quantitative estimate of drug-likeness (QED) is 0.396. The molecule has 160 valence electrons. The Hall–Kier alpha value is -1.97. The molecule has 1 amide bonds. The van der Waals surface area contributed by atoms with Gasteiger partial charge >= 0.3 is 6.18 Å². The van der Waals surface area contributed by atoms with Crippen molar-refractivity contribution >= 4 is 48.5 Å². The number of rotatable bonds is 7. The first-order valence-corrected chi connectivity index (χ1v) is 11.1. The molecule has 0 aliphatic rings. The number of likely N-dealkylation sites (N-methyl/N-ethyl adjacent to an activating group) is 1. The minimum Gasteiger partial charge on any atom is -0.302 e. The fourth-order valence-corrected chi connectivity index (χ4v) is 4.59. The maximum atomic E-state index is 13.3. The van der Waals surface area contributed by atoms with E-state index in [-0.39, 0.29) is 5.56 Å². The normalized spacial score (nSPS) is 12.0. The van der Waals surface area contributed by atoms with Gasteiger partial charge in [-0.25, -0.2) is 4.98 Å². The lowest BCUT2D eigenvalue weighted by atomic mass is 10.1. The van der Waals surface area contributed by atoms with Gasteiger partial charge in [0.25, 0.3) is 5.91 Å². The third kappa shape index (κ3) is 5.19. The molecular weight excluding hydrogens is 479 g/mol. The van der Waals surface area contributed by atoms with Crippen LogP contribution in [0, 0.1) is 0 Å². The molecule has 0 atom stereocenters. The summed E-state index contributed by atoms with van der Waals surface area (Å²) in [6.45, 7) is 6.61. The van der Waals surface area contributed by atoms with E-state index in [0.29, 0.717) is 18.2 Å². The first kappa shape index (κ1) is 22.7. The van der Waals surface area contributed by atoms with Crippen LogP contribution in [0.5, 0.6) is 0 Å². The first-order chi connectivity index (χ1) is 14.2. The van der Waals surface area contributed by atoms with Gasteiger partial charge in [0.2, 0.25) is 0 Å². The average molecular weight is 500 g/mol. The molecule has 0 unspecified atom stereocenters. The van der Waals surface area contributed by atoms with Crippen LogP contribution >= 0.6 is 27.3 Å². The molecule has 3 aromatic rings. The van der Waals surface area contributed by atoms with Gasteiger partial charge in [-0.15, -0.1) is 0 Å². The summed E-state index contributed by atoms with van der Waals surface area (Å²) in [6, 6.07) is 10.1. The molecule has 0 aliphatic heterocycles. The lowest BCUT2D eigenvalue weighted by Crippen LogP contribution is -2.39. The number of thiazole rings is 1. The second-order valence-corrected chi connectivity index (χ2v) is 8.60. The molecule has 0 spiro atoms. The Morgan fingerprint density at radius 3 is 2.50 bits per heavy atom. The monoisotopic (exact) mass is 499 g/mol. The van der Waals surface area contributed by atoms with Gasteiger partial charge in [0.1, 0.15) is 0 Å². The number of amides is 1. The lowest BCUT2D eigenvalue weighted by Gasteiger charge is -2.25. The van der Waals surface area contributed by atoms with Crippen LogP contribution in [0.15, 0.2) is 46.9 Å². The van der Waals surface area contributed by atoms with Gasteiger partial charge in [-0.3, -0.25) is 9.69 Å². The van der Waals surface area contributed by atoms with Crippen LogP contribution in [0.25, 0.3) is 10.2 Å². The van der Waals surface area contributed by atoms with Gasteiger partial charge in [0.05, 0.1) is 15.8 Å². The Morgan fingerprint density at radius 2 is 1.83 bits per heavy atom. The molecule has 0 bridgehead atoms. The summed E-state index contributed by atoms with van der Waals surface area (Å²) in [5.41, 5.74) is -0.113. The molecule has 9 heteroatoms. The topological polar surface area (TPSA) is 36.4 Å². The Labute approximate surface area is 185 Å². The predicted octanol–water partition coefficient (Wildman–Crippen LogP) is 6.07. The number of alkyl halides is 3. The third-order valence-corrected chi connectivity index (χ3v) is 6.32. The number of halogens is 4. The number of nitrogens with zero attached hydrogens (tertiary/aromatic N) is 3. The zero-order valence-corrected chi connectivity index (χ0v) is 18.9. The summed E-state index contributed by atoms with van der Waals surface area (Å²) < 4.78 is 41.2. The number of fused-ring (bicyclic) bond motifs is 1. The summed E-state index contributed by atoms with van der Waals surface area (Å²) in [4.78, 5) is 21.4. The molecule has 3 rings (SSSR count). The fourth-order valence-electron chi connectivity index (χ4n) is 3.05. The van der Waals surface area contributed by atoms with Crippen LogP contribution in [0.1, 0.15) is 29.8 Å². The number of aromatic nitrogens is 1. The van der Waals surface area contributed by atoms with Crippen molar-refractivity contribution in [3.05, 3.63) is 58.1 Å². The number of benzene rings is 2. The molecule has 0 aliphatic carbocycles. The van der Waals surface area contributed by atoms with Gasteiger partial charge in [0, 0.05) is 23.1 Å². The summed E-state index contributed by atoms with van der Waals surface area (Å²) in [5.74, 6) is -0.494. The average Bonchev–Trinajstić information content (AvgIpc) is 3.13. The number of carbonyl (C=O) groups is 1. The van der Waals surface area contributed by atoms with Crippen molar-refractivity contribution in [3.63, 3.8) is 0 Å². The first-order valence-electron chi connectivity index (χ1n) is 9.50. The number of hydrogen-bond donors (Lipinski definition) is 0. The van der Waals surface area contributed by atoms with Crippen molar-refractivity contribution in [1.82, 2.24) is 9.88 Å². The molecule has 2 aromatic carbocycles. The highest BCUT2D eigenvalue weighted by Crippen LogP contribution is 2.33. The van der Waals surface area contributed by atoms with Crippen LogP contribution in [-0.4, -0.2) is 42.0 Å². The van der Waals surface area contributed by atoms with E-state index in [0.717, 1.165) is 39.9 Å². The molecule has 0 saturated heterocycles. The van der Waals surface area contributed by atoms with Crippen molar-refractivity contribution in [2.45, 2.75) is 20.0 Å².